The lowest BCUT2D eigenvalue weighted by Crippen LogP contribution is -2.27. The molecule has 6 heteroatoms. The maximum atomic E-state index is 13.0. The summed E-state index contributed by atoms with van der Waals surface area (Å²) in [7, 11) is 1.52. The van der Waals surface area contributed by atoms with E-state index >= 15 is 0 Å². The number of carbonyl (C=O) groups is 2. The maximum absolute atomic E-state index is 13.0. The van der Waals surface area contributed by atoms with Crippen LogP contribution < -0.4 is 15.4 Å². The van der Waals surface area contributed by atoms with Gasteiger partial charge in [0.05, 0.1) is 7.11 Å². The van der Waals surface area contributed by atoms with Crippen LogP contribution in [0.2, 0.25) is 0 Å². The van der Waals surface area contributed by atoms with Crippen molar-refractivity contribution in [3.05, 3.63) is 59.9 Å². The lowest BCUT2D eigenvalue weighted by Gasteiger charge is -2.08. The molecule has 0 heterocycles. The second-order valence-corrected chi connectivity index (χ2v) is 4.80. The van der Waals surface area contributed by atoms with Gasteiger partial charge in [-0.25, -0.2) is 4.39 Å². The minimum atomic E-state index is -0.422. The lowest BCUT2D eigenvalue weighted by molar-refractivity contribution is -0.116. The van der Waals surface area contributed by atoms with Gasteiger partial charge in [0.25, 0.3) is 5.91 Å². The summed E-state index contributed by atoms with van der Waals surface area (Å²) in [5, 5.41) is 5.21. The Morgan fingerprint density at radius 2 is 1.91 bits per heavy atom. The molecular weight excluding hydrogens is 299 g/mol. The van der Waals surface area contributed by atoms with Crippen LogP contribution >= 0.6 is 0 Å². The van der Waals surface area contributed by atoms with Crippen LogP contribution in [-0.4, -0.2) is 25.5 Å². The summed E-state index contributed by atoms with van der Waals surface area (Å²) in [6, 6.07) is 12.3. The highest BCUT2D eigenvalue weighted by Crippen LogP contribution is 2.12. The van der Waals surface area contributed by atoms with Gasteiger partial charge in [0.1, 0.15) is 11.6 Å². The average molecular weight is 316 g/mol. The quantitative estimate of drug-likeness (QED) is 0.861. The molecular formula is C17H17FN2O3. The van der Waals surface area contributed by atoms with Crippen molar-refractivity contribution in [2.45, 2.75) is 6.42 Å². The van der Waals surface area contributed by atoms with E-state index in [1.807, 2.05) is 0 Å². The smallest absolute Gasteiger partial charge is 0.251 e. The van der Waals surface area contributed by atoms with E-state index in [2.05, 4.69) is 10.6 Å². The van der Waals surface area contributed by atoms with Crippen molar-refractivity contribution in [3.8, 4) is 5.75 Å². The van der Waals surface area contributed by atoms with Gasteiger partial charge in [-0.1, -0.05) is 12.1 Å². The second-order valence-electron chi connectivity index (χ2n) is 4.80. The van der Waals surface area contributed by atoms with E-state index in [0.717, 1.165) is 0 Å². The SMILES string of the molecule is COc1cccc(C(=O)NCCC(=O)Nc2cccc(F)c2)c1. The Labute approximate surface area is 133 Å². The predicted octanol–water partition coefficient (Wildman–Crippen LogP) is 2.59. The molecule has 0 saturated heterocycles. The third-order valence-electron chi connectivity index (χ3n) is 3.08. The first-order valence-electron chi connectivity index (χ1n) is 7.06. The third-order valence-corrected chi connectivity index (χ3v) is 3.08. The van der Waals surface area contributed by atoms with Crippen molar-refractivity contribution in [3.63, 3.8) is 0 Å². The molecule has 0 radical (unpaired) electrons. The molecule has 0 aliphatic heterocycles. The van der Waals surface area contributed by atoms with Gasteiger partial charge in [-0.3, -0.25) is 9.59 Å². The zero-order chi connectivity index (χ0) is 16.7. The zero-order valence-corrected chi connectivity index (χ0v) is 12.6. The van der Waals surface area contributed by atoms with E-state index in [-0.39, 0.29) is 24.8 Å². The fraction of sp³-hybridized carbons (Fsp3) is 0.176. The molecule has 2 rings (SSSR count). The standard InChI is InChI=1S/C17H17FN2O3/c1-23-15-7-2-4-12(10-15)17(22)19-9-8-16(21)20-14-6-3-5-13(18)11-14/h2-7,10-11H,8-9H2,1H3,(H,19,22)(H,20,21). The molecule has 2 aromatic carbocycles. The summed E-state index contributed by atoms with van der Waals surface area (Å²) >= 11 is 0. The largest absolute Gasteiger partial charge is 0.497 e. The van der Waals surface area contributed by atoms with Crippen LogP contribution in [-0.2, 0) is 4.79 Å². The summed E-state index contributed by atoms with van der Waals surface area (Å²) in [6.45, 7) is 0.178. The van der Waals surface area contributed by atoms with Gasteiger partial charge in [0.2, 0.25) is 5.91 Å². The van der Waals surface area contributed by atoms with Crippen LogP contribution in [0.15, 0.2) is 48.5 Å². The molecule has 0 bridgehead atoms. The van der Waals surface area contributed by atoms with Crippen molar-refractivity contribution >= 4 is 17.5 Å². The number of halogens is 1. The topological polar surface area (TPSA) is 67.4 Å². The van der Waals surface area contributed by atoms with E-state index in [1.54, 1.807) is 30.3 Å². The predicted molar refractivity (Wildman–Crippen MR) is 85.0 cm³/mol. The van der Waals surface area contributed by atoms with E-state index in [4.69, 9.17) is 4.74 Å². The first kappa shape index (κ1) is 16.5. The first-order chi connectivity index (χ1) is 11.1. The normalized spacial score (nSPS) is 10.0. The van der Waals surface area contributed by atoms with Crippen LogP contribution in [0.3, 0.4) is 0 Å². The highest BCUT2D eigenvalue weighted by atomic mass is 19.1. The molecule has 0 spiro atoms. The molecule has 2 N–H and O–H groups in total. The van der Waals surface area contributed by atoms with Gasteiger partial charge < -0.3 is 15.4 Å². The summed E-state index contributed by atoms with van der Waals surface area (Å²) in [5.74, 6) is -0.431. The first-order valence-corrected chi connectivity index (χ1v) is 7.06. The van der Waals surface area contributed by atoms with Crippen molar-refractivity contribution < 1.29 is 18.7 Å². The van der Waals surface area contributed by atoms with Gasteiger partial charge in [-0.05, 0) is 36.4 Å². The van der Waals surface area contributed by atoms with E-state index in [9.17, 15) is 14.0 Å². The molecule has 2 amide bonds. The number of nitrogens with one attached hydrogen (secondary N) is 2. The number of hydrogen-bond donors (Lipinski definition) is 2. The van der Waals surface area contributed by atoms with Gasteiger partial charge in [0.15, 0.2) is 0 Å². The molecule has 0 unspecified atom stereocenters. The van der Waals surface area contributed by atoms with E-state index in [1.165, 1.54) is 25.3 Å². The Morgan fingerprint density at radius 3 is 2.65 bits per heavy atom. The second kappa shape index (κ2) is 7.93. The minimum absolute atomic E-state index is 0.0895. The van der Waals surface area contributed by atoms with E-state index in [0.29, 0.717) is 17.0 Å². The number of benzene rings is 2. The average Bonchev–Trinajstić information content (AvgIpc) is 2.54. The summed E-state index contributed by atoms with van der Waals surface area (Å²) in [6.07, 6.45) is 0.0895. The Balaban J connectivity index is 1.79. The van der Waals surface area contributed by atoms with Crippen molar-refractivity contribution in [1.29, 1.82) is 0 Å². The maximum Gasteiger partial charge on any atom is 0.251 e. The lowest BCUT2D eigenvalue weighted by atomic mass is 10.2. The minimum Gasteiger partial charge on any atom is -0.497 e. The number of ether oxygens (including phenoxy) is 1. The summed E-state index contributed by atoms with van der Waals surface area (Å²) < 4.78 is 18.1. The molecule has 23 heavy (non-hydrogen) atoms. The monoisotopic (exact) mass is 316 g/mol. The van der Waals surface area contributed by atoms with Crippen LogP contribution in [0.1, 0.15) is 16.8 Å². The third kappa shape index (κ3) is 5.10. The van der Waals surface area contributed by atoms with Crippen molar-refractivity contribution in [2.24, 2.45) is 0 Å². The number of rotatable bonds is 6. The highest BCUT2D eigenvalue weighted by molar-refractivity contribution is 5.95. The Kier molecular flexibility index (Phi) is 5.68. The molecule has 5 nitrogen and oxygen atoms in total. The summed E-state index contributed by atoms with van der Waals surface area (Å²) in [4.78, 5) is 23.7. The van der Waals surface area contributed by atoms with Gasteiger partial charge in [-0.2, -0.15) is 0 Å². The summed E-state index contributed by atoms with van der Waals surface area (Å²) in [5.41, 5.74) is 0.837. The molecule has 2 aromatic rings. The number of amides is 2. The van der Waals surface area contributed by atoms with Crippen LogP contribution in [0.4, 0.5) is 10.1 Å². The Bertz CT molecular complexity index is 704. The van der Waals surface area contributed by atoms with Gasteiger partial charge in [0, 0.05) is 24.2 Å². The zero-order valence-electron chi connectivity index (χ0n) is 12.6. The molecule has 0 aliphatic rings. The Hall–Kier alpha value is -2.89. The van der Waals surface area contributed by atoms with E-state index < -0.39 is 5.82 Å². The van der Waals surface area contributed by atoms with Crippen LogP contribution in [0, 0.1) is 5.82 Å². The van der Waals surface area contributed by atoms with Crippen molar-refractivity contribution in [1.82, 2.24) is 5.32 Å². The Morgan fingerprint density at radius 1 is 1.13 bits per heavy atom. The fourth-order valence-corrected chi connectivity index (χ4v) is 1.95. The highest BCUT2D eigenvalue weighted by Gasteiger charge is 2.08. The molecule has 0 saturated carbocycles. The number of hydrogen-bond acceptors (Lipinski definition) is 3. The fourth-order valence-electron chi connectivity index (χ4n) is 1.95. The van der Waals surface area contributed by atoms with Crippen LogP contribution in [0.25, 0.3) is 0 Å². The number of carbonyl (C=O) groups excluding carboxylic acids is 2. The van der Waals surface area contributed by atoms with Gasteiger partial charge in [-0.15, -0.1) is 0 Å². The van der Waals surface area contributed by atoms with Crippen LogP contribution in [0.5, 0.6) is 5.75 Å². The molecule has 0 aromatic heterocycles. The van der Waals surface area contributed by atoms with Gasteiger partial charge >= 0.3 is 0 Å². The number of anilines is 1. The van der Waals surface area contributed by atoms with Crippen molar-refractivity contribution in [2.75, 3.05) is 19.0 Å². The molecule has 0 aliphatic carbocycles. The molecule has 0 fully saturated rings. The molecule has 0 atom stereocenters. The number of methoxy groups -OCH3 is 1. The molecule has 120 valence electrons.